The van der Waals surface area contributed by atoms with Gasteiger partial charge in [0.2, 0.25) is 0 Å². The molecule has 0 rings (SSSR count). The van der Waals surface area contributed by atoms with Gasteiger partial charge < -0.3 is 9.64 Å². The van der Waals surface area contributed by atoms with Crippen molar-refractivity contribution >= 4 is 5.97 Å². The Hall–Kier alpha value is -0.570. The monoisotopic (exact) mass is 215 g/mol. The molecule has 0 saturated heterocycles. The first-order valence-corrected chi connectivity index (χ1v) is 5.89. The smallest absolute Gasteiger partial charge is 0.306 e. The maximum absolute atomic E-state index is 11.0. The van der Waals surface area contributed by atoms with Gasteiger partial charge in [0, 0.05) is 13.1 Å². The SMILES string of the molecule is CCCCN(CCC(=O)OC)CC(C)C. The number of nitrogens with zero attached hydrogens (tertiary/aromatic N) is 1. The Balaban J connectivity index is 3.83. The number of rotatable bonds is 8. The quantitative estimate of drug-likeness (QED) is 0.582. The molecule has 90 valence electrons. The summed E-state index contributed by atoms with van der Waals surface area (Å²) < 4.78 is 4.64. The molecular formula is C12H25NO2. The second kappa shape index (κ2) is 8.72. The van der Waals surface area contributed by atoms with Crippen LogP contribution in [0.15, 0.2) is 0 Å². The normalized spacial score (nSPS) is 11.1. The van der Waals surface area contributed by atoms with E-state index in [1.807, 2.05) is 0 Å². The fourth-order valence-electron chi connectivity index (χ4n) is 1.54. The Morgan fingerprint density at radius 3 is 2.47 bits per heavy atom. The molecule has 0 aliphatic heterocycles. The van der Waals surface area contributed by atoms with Gasteiger partial charge in [0.15, 0.2) is 0 Å². The van der Waals surface area contributed by atoms with Crippen molar-refractivity contribution in [1.82, 2.24) is 4.90 Å². The Morgan fingerprint density at radius 2 is 2.00 bits per heavy atom. The standard InChI is InChI=1S/C12H25NO2/c1-5-6-8-13(10-11(2)3)9-7-12(14)15-4/h11H,5-10H2,1-4H3. The molecule has 3 nitrogen and oxygen atoms in total. The summed E-state index contributed by atoms with van der Waals surface area (Å²) in [6.45, 7) is 9.58. The first-order chi connectivity index (χ1) is 7.10. The summed E-state index contributed by atoms with van der Waals surface area (Å²) in [5.41, 5.74) is 0. The van der Waals surface area contributed by atoms with Gasteiger partial charge >= 0.3 is 5.97 Å². The lowest BCUT2D eigenvalue weighted by Gasteiger charge is -2.23. The molecule has 0 aliphatic carbocycles. The van der Waals surface area contributed by atoms with E-state index < -0.39 is 0 Å². The molecule has 0 heterocycles. The average Bonchev–Trinajstić information content (AvgIpc) is 2.20. The van der Waals surface area contributed by atoms with Crippen LogP contribution in [0.5, 0.6) is 0 Å². The molecule has 0 amide bonds. The molecule has 0 saturated carbocycles. The van der Waals surface area contributed by atoms with Crippen molar-refractivity contribution in [3.05, 3.63) is 0 Å². The van der Waals surface area contributed by atoms with E-state index in [4.69, 9.17) is 0 Å². The third-order valence-electron chi connectivity index (χ3n) is 2.31. The zero-order valence-electron chi connectivity index (χ0n) is 10.6. The van der Waals surface area contributed by atoms with Gasteiger partial charge in [-0.15, -0.1) is 0 Å². The van der Waals surface area contributed by atoms with Crippen molar-refractivity contribution in [2.75, 3.05) is 26.7 Å². The fraction of sp³-hybridized carbons (Fsp3) is 0.917. The highest BCUT2D eigenvalue weighted by atomic mass is 16.5. The van der Waals surface area contributed by atoms with Gasteiger partial charge in [0.25, 0.3) is 0 Å². The van der Waals surface area contributed by atoms with Gasteiger partial charge in [-0.3, -0.25) is 4.79 Å². The third-order valence-corrected chi connectivity index (χ3v) is 2.31. The van der Waals surface area contributed by atoms with Crippen LogP contribution in [0.25, 0.3) is 0 Å². The number of ether oxygens (including phenoxy) is 1. The van der Waals surface area contributed by atoms with Crippen molar-refractivity contribution in [2.24, 2.45) is 5.92 Å². The summed E-state index contributed by atoms with van der Waals surface area (Å²) in [4.78, 5) is 13.4. The van der Waals surface area contributed by atoms with Crippen LogP contribution in [-0.4, -0.2) is 37.6 Å². The largest absolute Gasteiger partial charge is 0.469 e. The Kier molecular flexibility index (Phi) is 8.38. The highest BCUT2D eigenvalue weighted by Gasteiger charge is 2.09. The predicted molar refractivity (Wildman–Crippen MR) is 62.8 cm³/mol. The molecule has 0 aromatic rings. The van der Waals surface area contributed by atoms with Gasteiger partial charge in [-0.1, -0.05) is 27.2 Å². The molecule has 0 aromatic heterocycles. The molecule has 0 unspecified atom stereocenters. The number of hydrogen-bond acceptors (Lipinski definition) is 3. The first-order valence-electron chi connectivity index (χ1n) is 5.89. The minimum atomic E-state index is -0.111. The lowest BCUT2D eigenvalue weighted by molar-refractivity contribution is -0.141. The van der Waals surface area contributed by atoms with Crippen LogP contribution in [0.4, 0.5) is 0 Å². The minimum absolute atomic E-state index is 0.111. The van der Waals surface area contributed by atoms with E-state index in [0.29, 0.717) is 12.3 Å². The molecule has 0 aromatic carbocycles. The second-order valence-corrected chi connectivity index (χ2v) is 4.37. The molecule has 0 fully saturated rings. The number of unbranched alkanes of at least 4 members (excludes halogenated alkanes) is 1. The molecule has 0 atom stereocenters. The number of methoxy groups -OCH3 is 1. The zero-order chi connectivity index (χ0) is 11.7. The van der Waals surface area contributed by atoms with E-state index in [9.17, 15) is 4.79 Å². The zero-order valence-corrected chi connectivity index (χ0v) is 10.6. The fourth-order valence-corrected chi connectivity index (χ4v) is 1.54. The van der Waals surface area contributed by atoms with Gasteiger partial charge in [0.05, 0.1) is 13.5 Å². The van der Waals surface area contributed by atoms with Crippen LogP contribution >= 0.6 is 0 Å². The molecule has 3 heteroatoms. The summed E-state index contributed by atoms with van der Waals surface area (Å²) in [5, 5.41) is 0. The van der Waals surface area contributed by atoms with Crippen LogP contribution < -0.4 is 0 Å². The third kappa shape index (κ3) is 8.43. The van der Waals surface area contributed by atoms with E-state index in [1.54, 1.807) is 0 Å². The van der Waals surface area contributed by atoms with Gasteiger partial charge in [-0.05, 0) is 18.9 Å². The van der Waals surface area contributed by atoms with Crippen LogP contribution in [0, 0.1) is 5.92 Å². The Labute approximate surface area is 93.8 Å². The van der Waals surface area contributed by atoms with Gasteiger partial charge in [-0.25, -0.2) is 0 Å². The van der Waals surface area contributed by atoms with Gasteiger partial charge in [0.1, 0.15) is 0 Å². The highest BCUT2D eigenvalue weighted by Crippen LogP contribution is 2.03. The number of hydrogen-bond donors (Lipinski definition) is 0. The van der Waals surface area contributed by atoms with Crippen LogP contribution in [0.1, 0.15) is 40.0 Å². The molecule has 0 N–H and O–H groups in total. The minimum Gasteiger partial charge on any atom is -0.469 e. The van der Waals surface area contributed by atoms with E-state index in [2.05, 4.69) is 30.4 Å². The lowest BCUT2D eigenvalue weighted by atomic mass is 10.2. The van der Waals surface area contributed by atoms with E-state index in [0.717, 1.165) is 19.6 Å². The number of carbonyl (C=O) groups is 1. The second-order valence-electron chi connectivity index (χ2n) is 4.37. The molecule has 0 aliphatic rings. The van der Waals surface area contributed by atoms with Crippen LogP contribution in [0.2, 0.25) is 0 Å². The summed E-state index contributed by atoms with van der Waals surface area (Å²) in [7, 11) is 1.45. The topological polar surface area (TPSA) is 29.5 Å². The van der Waals surface area contributed by atoms with E-state index in [-0.39, 0.29) is 5.97 Å². The van der Waals surface area contributed by atoms with Crippen LogP contribution in [0.3, 0.4) is 0 Å². The van der Waals surface area contributed by atoms with Crippen LogP contribution in [-0.2, 0) is 9.53 Å². The predicted octanol–water partition coefficient (Wildman–Crippen LogP) is 2.31. The maximum Gasteiger partial charge on any atom is 0.306 e. The highest BCUT2D eigenvalue weighted by molar-refractivity contribution is 5.69. The van der Waals surface area contributed by atoms with Crippen molar-refractivity contribution < 1.29 is 9.53 Å². The molecule has 15 heavy (non-hydrogen) atoms. The molecule has 0 radical (unpaired) electrons. The average molecular weight is 215 g/mol. The summed E-state index contributed by atoms with van der Waals surface area (Å²) >= 11 is 0. The van der Waals surface area contributed by atoms with Crippen molar-refractivity contribution in [1.29, 1.82) is 0 Å². The summed E-state index contributed by atoms with van der Waals surface area (Å²) in [6, 6.07) is 0. The molecule has 0 spiro atoms. The Bertz CT molecular complexity index is 169. The Morgan fingerprint density at radius 1 is 1.33 bits per heavy atom. The van der Waals surface area contributed by atoms with Crippen molar-refractivity contribution in [3.63, 3.8) is 0 Å². The maximum atomic E-state index is 11.0. The van der Waals surface area contributed by atoms with E-state index >= 15 is 0 Å². The molecular weight excluding hydrogens is 190 g/mol. The number of esters is 1. The van der Waals surface area contributed by atoms with Crippen molar-refractivity contribution in [2.45, 2.75) is 40.0 Å². The lowest BCUT2D eigenvalue weighted by Crippen LogP contribution is -2.31. The van der Waals surface area contributed by atoms with E-state index in [1.165, 1.54) is 20.0 Å². The molecule has 0 bridgehead atoms. The number of carbonyl (C=O) groups excluding carboxylic acids is 1. The van der Waals surface area contributed by atoms with Gasteiger partial charge in [-0.2, -0.15) is 0 Å². The summed E-state index contributed by atoms with van der Waals surface area (Å²) in [5.74, 6) is 0.541. The first kappa shape index (κ1) is 14.4. The van der Waals surface area contributed by atoms with Crippen molar-refractivity contribution in [3.8, 4) is 0 Å². The summed E-state index contributed by atoms with van der Waals surface area (Å²) in [6.07, 6.45) is 2.91.